The molecule has 9 nitrogen and oxygen atoms in total. The zero-order chi connectivity index (χ0) is 27.4. The number of carbonyl (C=O) groups excluding carboxylic acids is 4. The van der Waals surface area contributed by atoms with Gasteiger partial charge in [0, 0.05) is 0 Å². The largest absolute Gasteiger partial charge is 0.493 e. The number of ether oxygens (including phenoxy) is 3. The van der Waals surface area contributed by atoms with Crippen LogP contribution in [0.4, 0.5) is 10.5 Å². The molecule has 1 saturated heterocycles. The first-order chi connectivity index (χ1) is 18.2. The highest BCUT2D eigenvalue weighted by molar-refractivity contribution is 9.10. The molecule has 10 heteroatoms. The lowest BCUT2D eigenvalue weighted by molar-refractivity contribution is -0.122. The molecule has 1 aliphatic rings. The molecule has 0 unspecified atom stereocenters. The van der Waals surface area contributed by atoms with Crippen LogP contribution in [0.25, 0.3) is 6.08 Å². The molecule has 3 aromatic carbocycles. The number of benzene rings is 3. The van der Waals surface area contributed by atoms with E-state index in [-0.39, 0.29) is 16.8 Å². The van der Waals surface area contributed by atoms with Gasteiger partial charge in [-0.3, -0.25) is 14.9 Å². The molecule has 0 saturated carbocycles. The molecule has 38 heavy (non-hydrogen) atoms. The van der Waals surface area contributed by atoms with E-state index in [0.29, 0.717) is 28.1 Å². The summed E-state index contributed by atoms with van der Waals surface area (Å²) in [6, 6.07) is 16.0. The summed E-state index contributed by atoms with van der Waals surface area (Å²) >= 11 is 3.48. The standard InChI is InChI=1S/C28H23BrN2O7/c1-16-4-6-17(7-5-16)15-38-24-22(29)13-18(14-23(24)36-2)12-21-25(32)30-28(35)31(26(21)33)20-10-8-19(9-11-20)27(34)37-3/h4-14H,15H2,1-3H3,(H,30,32,35)/b21-12+. The Morgan fingerprint density at radius 1 is 1.00 bits per heavy atom. The highest BCUT2D eigenvalue weighted by Gasteiger charge is 2.37. The molecule has 1 N–H and O–H groups in total. The molecule has 3 aromatic rings. The SMILES string of the molecule is COC(=O)c1ccc(N2C(=O)NC(=O)/C(=C\c3cc(Br)c(OCc4ccc(C)cc4)c(OC)c3)C2=O)cc1. The Balaban J connectivity index is 1.61. The van der Waals surface area contributed by atoms with Crippen molar-refractivity contribution in [3.8, 4) is 11.5 Å². The number of anilines is 1. The Bertz CT molecular complexity index is 1450. The molecule has 0 aromatic heterocycles. The molecule has 0 atom stereocenters. The molecule has 0 bridgehead atoms. The van der Waals surface area contributed by atoms with Gasteiger partial charge in [0.05, 0.1) is 29.9 Å². The Morgan fingerprint density at radius 3 is 2.32 bits per heavy atom. The van der Waals surface area contributed by atoms with E-state index >= 15 is 0 Å². The van der Waals surface area contributed by atoms with Gasteiger partial charge in [0.2, 0.25) is 0 Å². The van der Waals surface area contributed by atoms with Crippen molar-refractivity contribution in [2.75, 3.05) is 19.1 Å². The topological polar surface area (TPSA) is 111 Å². The van der Waals surface area contributed by atoms with E-state index in [1.807, 2.05) is 31.2 Å². The van der Waals surface area contributed by atoms with E-state index in [2.05, 4.69) is 26.0 Å². The van der Waals surface area contributed by atoms with Crippen LogP contribution >= 0.6 is 15.9 Å². The average molecular weight is 579 g/mol. The van der Waals surface area contributed by atoms with Gasteiger partial charge in [0.1, 0.15) is 12.2 Å². The number of hydrogen-bond acceptors (Lipinski definition) is 7. The maximum absolute atomic E-state index is 13.2. The number of methoxy groups -OCH3 is 2. The highest BCUT2D eigenvalue weighted by atomic mass is 79.9. The minimum absolute atomic E-state index is 0.178. The normalized spacial score (nSPS) is 14.4. The Kier molecular flexibility index (Phi) is 7.92. The Morgan fingerprint density at radius 2 is 1.68 bits per heavy atom. The number of barbiturate groups is 1. The summed E-state index contributed by atoms with van der Waals surface area (Å²) in [7, 11) is 2.73. The van der Waals surface area contributed by atoms with Gasteiger partial charge in [-0.2, -0.15) is 0 Å². The summed E-state index contributed by atoms with van der Waals surface area (Å²) in [6.07, 6.45) is 1.36. The van der Waals surface area contributed by atoms with Crippen LogP contribution in [0, 0.1) is 6.92 Å². The van der Waals surface area contributed by atoms with E-state index < -0.39 is 23.8 Å². The fraction of sp³-hybridized carbons (Fsp3) is 0.143. The number of esters is 1. The van der Waals surface area contributed by atoms with E-state index in [1.165, 1.54) is 44.6 Å². The number of nitrogens with zero attached hydrogens (tertiary/aromatic N) is 1. The molecule has 4 amide bonds. The number of imide groups is 2. The molecule has 0 radical (unpaired) electrons. The minimum Gasteiger partial charge on any atom is -0.493 e. The zero-order valence-electron chi connectivity index (χ0n) is 20.7. The lowest BCUT2D eigenvalue weighted by Gasteiger charge is -2.26. The number of rotatable bonds is 7. The van der Waals surface area contributed by atoms with Crippen LogP contribution in [-0.2, 0) is 20.9 Å². The van der Waals surface area contributed by atoms with Crippen molar-refractivity contribution in [2.24, 2.45) is 0 Å². The highest BCUT2D eigenvalue weighted by Crippen LogP contribution is 2.38. The van der Waals surface area contributed by atoms with E-state index in [1.54, 1.807) is 12.1 Å². The minimum atomic E-state index is -0.901. The summed E-state index contributed by atoms with van der Waals surface area (Å²) in [6.45, 7) is 2.31. The van der Waals surface area contributed by atoms with Crippen molar-refractivity contribution < 1.29 is 33.4 Å². The number of halogens is 1. The van der Waals surface area contributed by atoms with Gasteiger partial charge in [-0.1, -0.05) is 29.8 Å². The summed E-state index contributed by atoms with van der Waals surface area (Å²) in [5.41, 5.74) is 2.75. The molecule has 0 spiro atoms. The van der Waals surface area contributed by atoms with Gasteiger partial charge in [-0.15, -0.1) is 0 Å². The third-order valence-corrected chi connectivity index (χ3v) is 6.30. The van der Waals surface area contributed by atoms with E-state index in [4.69, 9.17) is 9.47 Å². The predicted molar refractivity (Wildman–Crippen MR) is 143 cm³/mol. The second-order valence-corrected chi connectivity index (χ2v) is 9.16. The first-order valence-electron chi connectivity index (χ1n) is 11.4. The maximum Gasteiger partial charge on any atom is 0.337 e. The number of carbonyl (C=O) groups is 4. The number of nitrogens with one attached hydrogen (secondary N) is 1. The summed E-state index contributed by atoms with van der Waals surface area (Å²) in [5, 5.41) is 2.17. The van der Waals surface area contributed by atoms with Crippen molar-refractivity contribution >= 4 is 51.5 Å². The van der Waals surface area contributed by atoms with Crippen LogP contribution in [0.15, 0.2) is 70.7 Å². The quantitative estimate of drug-likeness (QED) is 0.243. The van der Waals surface area contributed by atoms with Crippen LogP contribution in [0.1, 0.15) is 27.0 Å². The van der Waals surface area contributed by atoms with Crippen LogP contribution in [0.5, 0.6) is 11.5 Å². The smallest absolute Gasteiger partial charge is 0.337 e. The molecule has 194 valence electrons. The molecule has 1 heterocycles. The first kappa shape index (κ1) is 26.6. The van der Waals surface area contributed by atoms with Gasteiger partial charge in [0.15, 0.2) is 11.5 Å². The maximum atomic E-state index is 13.2. The molecular weight excluding hydrogens is 556 g/mol. The van der Waals surface area contributed by atoms with Crippen LogP contribution < -0.4 is 19.7 Å². The number of aryl methyl sites for hydroxylation is 1. The molecular formula is C28H23BrN2O7. The van der Waals surface area contributed by atoms with Crippen molar-refractivity contribution in [3.05, 3.63) is 93.0 Å². The lowest BCUT2D eigenvalue weighted by Crippen LogP contribution is -2.54. The van der Waals surface area contributed by atoms with Gasteiger partial charge < -0.3 is 14.2 Å². The van der Waals surface area contributed by atoms with Crippen molar-refractivity contribution in [1.29, 1.82) is 0 Å². The second kappa shape index (κ2) is 11.3. The number of hydrogen-bond donors (Lipinski definition) is 1. The average Bonchev–Trinajstić information content (AvgIpc) is 2.91. The zero-order valence-corrected chi connectivity index (χ0v) is 22.3. The number of urea groups is 1. The van der Waals surface area contributed by atoms with E-state index in [9.17, 15) is 19.2 Å². The monoisotopic (exact) mass is 578 g/mol. The molecule has 1 aliphatic heterocycles. The van der Waals surface area contributed by atoms with Crippen LogP contribution in [0.2, 0.25) is 0 Å². The molecule has 0 aliphatic carbocycles. The molecule has 4 rings (SSSR count). The Hall–Kier alpha value is -4.44. The second-order valence-electron chi connectivity index (χ2n) is 8.30. The predicted octanol–water partition coefficient (Wildman–Crippen LogP) is 4.80. The summed E-state index contributed by atoms with van der Waals surface area (Å²) < 4.78 is 16.7. The van der Waals surface area contributed by atoms with Crippen LogP contribution in [-0.4, -0.2) is 38.0 Å². The lowest BCUT2D eigenvalue weighted by atomic mass is 10.1. The van der Waals surface area contributed by atoms with Gasteiger partial charge in [-0.05, 0) is 76.5 Å². The van der Waals surface area contributed by atoms with E-state index in [0.717, 1.165) is 16.0 Å². The van der Waals surface area contributed by atoms with Crippen molar-refractivity contribution in [2.45, 2.75) is 13.5 Å². The summed E-state index contributed by atoms with van der Waals surface area (Å²) in [5.74, 6) is -1.38. The fourth-order valence-electron chi connectivity index (χ4n) is 3.73. The first-order valence-corrected chi connectivity index (χ1v) is 12.2. The number of amides is 4. The van der Waals surface area contributed by atoms with Crippen molar-refractivity contribution in [1.82, 2.24) is 5.32 Å². The fourth-order valence-corrected chi connectivity index (χ4v) is 4.30. The van der Waals surface area contributed by atoms with Gasteiger partial charge in [-0.25, -0.2) is 14.5 Å². The van der Waals surface area contributed by atoms with Crippen molar-refractivity contribution in [3.63, 3.8) is 0 Å². The van der Waals surface area contributed by atoms with Gasteiger partial charge >= 0.3 is 12.0 Å². The third-order valence-electron chi connectivity index (χ3n) is 5.71. The van der Waals surface area contributed by atoms with Gasteiger partial charge in [0.25, 0.3) is 11.8 Å². The third kappa shape index (κ3) is 5.60. The molecule has 1 fully saturated rings. The summed E-state index contributed by atoms with van der Waals surface area (Å²) in [4.78, 5) is 50.8. The Labute approximate surface area is 227 Å². The van der Waals surface area contributed by atoms with Crippen LogP contribution in [0.3, 0.4) is 0 Å².